The van der Waals surface area contributed by atoms with Crippen LogP contribution in [0.1, 0.15) is 86.5 Å². The van der Waals surface area contributed by atoms with Gasteiger partial charge in [-0.05, 0) is 70.6 Å². The average Bonchev–Trinajstić information content (AvgIpc) is 3.42. The molecular formula is C25H40O8. The van der Waals surface area contributed by atoms with Crippen LogP contribution in [0.5, 0.6) is 0 Å². The van der Waals surface area contributed by atoms with Crippen molar-refractivity contribution < 1.29 is 38.9 Å². The summed E-state index contributed by atoms with van der Waals surface area (Å²) >= 11 is 0. The quantitative estimate of drug-likeness (QED) is 0.321. The fourth-order valence-electron chi connectivity index (χ4n) is 6.45. The highest BCUT2D eigenvalue weighted by Gasteiger charge is 2.63. The Morgan fingerprint density at radius 2 is 1.03 bits per heavy atom. The van der Waals surface area contributed by atoms with Gasteiger partial charge in [0.05, 0.1) is 0 Å². The van der Waals surface area contributed by atoms with E-state index in [-0.39, 0.29) is 23.7 Å². The number of carbonyl (C=O) groups excluding carboxylic acids is 2. The maximum absolute atomic E-state index is 12.8. The standard InChI is InChI=1S/C25H40O8/c1-7-24(8-2,32-22(30)14(5)20(26)27)18-16-11-12-17(13-16)19(18)25(9-3,10-4)33-23(31)15(6)21(28)29/h14-19H,7-13H2,1-6H3,(H,26,27)(H,28,29). The zero-order valence-corrected chi connectivity index (χ0v) is 20.8. The first-order valence-corrected chi connectivity index (χ1v) is 12.3. The summed E-state index contributed by atoms with van der Waals surface area (Å²) in [5.74, 6) is -6.11. The third-order valence-corrected chi connectivity index (χ3v) is 8.58. The normalized spacial score (nSPS) is 26.5. The summed E-state index contributed by atoms with van der Waals surface area (Å²) in [6.45, 7) is 10.5. The summed E-state index contributed by atoms with van der Waals surface area (Å²) in [5.41, 5.74) is -1.74. The molecule has 0 aromatic rings. The maximum Gasteiger partial charge on any atom is 0.320 e. The Kier molecular flexibility index (Phi) is 8.57. The Labute approximate surface area is 196 Å². The molecule has 2 rings (SSSR count). The van der Waals surface area contributed by atoms with Gasteiger partial charge in [-0.15, -0.1) is 0 Å². The second-order valence-electron chi connectivity index (χ2n) is 9.89. The van der Waals surface area contributed by atoms with Crippen LogP contribution in [0.3, 0.4) is 0 Å². The largest absolute Gasteiger partial charge is 0.481 e. The first kappa shape index (κ1) is 27.1. The van der Waals surface area contributed by atoms with Gasteiger partial charge in [-0.25, -0.2) is 0 Å². The summed E-state index contributed by atoms with van der Waals surface area (Å²) in [7, 11) is 0. The van der Waals surface area contributed by atoms with Crippen LogP contribution in [0.4, 0.5) is 0 Å². The Morgan fingerprint density at radius 1 is 0.727 bits per heavy atom. The van der Waals surface area contributed by atoms with E-state index in [4.69, 9.17) is 9.47 Å². The molecule has 0 spiro atoms. The lowest BCUT2D eigenvalue weighted by Crippen LogP contribution is -2.56. The lowest BCUT2D eigenvalue weighted by atomic mass is 9.61. The van der Waals surface area contributed by atoms with Crippen LogP contribution in [0.15, 0.2) is 0 Å². The second-order valence-corrected chi connectivity index (χ2v) is 9.89. The molecule has 0 amide bonds. The van der Waals surface area contributed by atoms with E-state index in [0.717, 1.165) is 19.3 Å². The molecule has 188 valence electrons. The Hall–Kier alpha value is -2.12. The lowest BCUT2D eigenvalue weighted by Gasteiger charge is -2.51. The number of carboxylic acid groups (broad SMARTS) is 2. The minimum Gasteiger partial charge on any atom is -0.481 e. The highest BCUT2D eigenvalue weighted by Crippen LogP contribution is 2.62. The van der Waals surface area contributed by atoms with E-state index >= 15 is 0 Å². The van der Waals surface area contributed by atoms with Gasteiger partial charge in [0.15, 0.2) is 11.8 Å². The topological polar surface area (TPSA) is 127 Å². The summed E-state index contributed by atoms with van der Waals surface area (Å²) in [4.78, 5) is 48.3. The number of hydrogen-bond acceptors (Lipinski definition) is 6. The van der Waals surface area contributed by atoms with E-state index in [1.807, 2.05) is 27.7 Å². The summed E-state index contributed by atoms with van der Waals surface area (Å²) in [5, 5.41) is 18.6. The predicted octanol–water partition coefficient (Wildman–Crippen LogP) is 4.29. The van der Waals surface area contributed by atoms with Crippen molar-refractivity contribution in [1.82, 2.24) is 0 Å². The number of rotatable bonds is 12. The SMILES string of the molecule is CCC(CC)(OC(=O)C(C)C(=O)O)C1C2CCC(C2)C1C(CC)(CC)OC(=O)C(C)C(=O)O. The van der Waals surface area contributed by atoms with Crippen molar-refractivity contribution in [1.29, 1.82) is 0 Å². The fourth-order valence-corrected chi connectivity index (χ4v) is 6.45. The molecule has 2 aliphatic rings. The van der Waals surface area contributed by atoms with Crippen LogP contribution in [0.2, 0.25) is 0 Å². The van der Waals surface area contributed by atoms with Crippen molar-refractivity contribution in [3.63, 3.8) is 0 Å². The number of ether oxygens (including phenoxy) is 2. The van der Waals surface area contributed by atoms with E-state index in [1.54, 1.807) is 0 Å². The molecule has 2 saturated carbocycles. The van der Waals surface area contributed by atoms with Gasteiger partial charge < -0.3 is 19.7 Å². The molecule has 6 unspecified atom stereocenters. The minimum absolute atomic E-state index is 0.0935. The van der Waals surface area contributed by atoms with Gasteiger partial charge in [0, 0.05) is 11.8 Å². The maximum atomic E-state index is 12.8. The second kappa shape index (κ2) is 10.4. The molecule has 0 aromatic carbocycles. The summed E-state index contributed by atoms with van der Waals surface area (Å²) < 4.78 is 12.1. The molecule has 0 saturated heterocycles. The molecule has 2 N–H and O–H groups in total. The molecule has 0 radical (unpaired) electrons. The van der Waals surface area contributed by atoms with Crippen molar-refractivity contribution in [3.05, 3.63) is 0 Å². The van der Waals surface area contributed by atoms with Crippen LogP contribution < -0.4 is 0 Å². The molecule has 6 atom stereocenters. The van der Waals surface area contributed by atoms with Crippen LogP contribution in [-0.4, -0.2) is 45.3 Å². The van der Waals surface area contributed by atoms with Gasteiger partial charge in [0.2, 0.25) is 0 Å². The third-order valence-electron chi connectivity index (χ3n) is 8.58. The van der Waals surface area contributed by atoms with Crippen LogP contribution >= 0.6 is 0 Å². The van der Waals surface area contributed by atoms with Crippen molar-refractivity contribution in [2.45, 2.75) is 97.7 Å². The molecule has 0 aromatic heterocycles. The van der Waals surface area contributed by atoms with Gasteiger partial charge in [-0.3, -0.25) is 19.2 Å². The number of carbonyl (C=O) groups is 4. The summed E-state index contributed by atoms with van der Waals surface area (Å²) in [6.07, 6.45) is 5.01. The van der Waals surface area contributed by atoms with Gasteiger partial charge in [-0.2, -0.15) is 0 Å². The molecular weight excluding hydrogens is 428 g/mol. The van der Waals surface area contributed by atoms with Crippen molar-refractivity contribution in [2.24, 2.45) is 35.5 Å². The zero-order chi connectivity index (χ0) is 25.1. The van der Waals surface area contributed by atoms with Crippen molar-refractivity contribution >= 4 is 23.9 Å². The Morgan fingerprint density at radius 3 is 1.27 bits per heavy atom. The van der Waals surface area contributed by atoms with Gasteiger partial charge in [-0.1, -0.05) is 27.7 Å². The number of carboxylic acids is 2. The first-order chi connectivity index (χ1) is 15.4. The molecule has 2 bridgehead atoms. The number of aliphatic carboxylic acids is 2. The lowest BCUT2D eigenvalue weighted by molar-refractivity contribution is -0.203. The molecule has 2 aliphatic carbocycles. The molecule has 2 fully saturated rings. The van der Waals surface area contributed by atoms with Crippen molar-refractivity contribution in [2.75, 3.05) is 0 Å². The molecule has 0 aliphatic heterocycles. The molecule has 0 heterocycles. The van der Waals surface area contributed by atoms with E-state index in [1.165, 1.54) is 13.8 Å². The van der Waals surface area contributed by atoms with Crippen LogP contribution in [-0.2, 0) is 28.7 Å². The van der Waals surface area contributed by atoms with E-state index < -0.39 is 46.9 Å². The Balaban J connectivity index is 2.50. The van der Waals surface area contributed by atoms with Gasteiger partial charge >= 0.3 is 23.9 Å². The highest BCUT2D eigenvalue weighted by atomic mass is 16.6. The van der Waals surface area contributed by atoms with E-state index in [2.05, 4.69) is 0 Å². The molecule has 8 nitrogen and oxygen atoms in total. The Bertz CT molecular complexity index is 690. The van der Waals surface area contributed by atoms with E-state index in [0.29, 0.717) is 25.7 Å². The van der Waals surface area contributed by atoms with Gasteiger partial charge in [0.1, 0.15) is 11.2 Å². The van der Waals surface area contributed by atoms with Crippen molar-refractivity contribution in [3.8, 4) is 0 Å². The van der Waals surface area contributed by atoms with Gasteiger partial charge in [0.25, 0.3) is 0 Å². The van der Waals surface area contributed by atoms with Crippen LogP contribution in [0.25, 0.3) is 0 Å². The number of hydrogen-bond donors (Lipinski definition) is 2. The number of esters is 2. The average molecular weight is 469 g/mol. The zero-order valence-electron chi connectivity index (χ0n) is 20.8. The fraction of sp³-hybridized carbons (Fsp3) is 0.840. The summed E-state index contributed by atoms with van der Waals surface area (Å²) in [6, 6.07) is 0. The van der Waals surface area contributed by atoms with Crippen LogP contribution in [0, 0.1) is 35.5 Å². The van der Waals surface area contributed by atoms with E-state index in [9.17, 15) is 29.4 Å². The monoisotopic (exact) mass is 468 g/mol. The molecule has 8 heteroatoms. The number of fused-ring (bicyclic) bond motifs is 2. The minimum atomic E-state index is -1.27. The predicted molar refractivity (Wildman–Crippen MR) is 120 cm³/mol. The highest BCUT2D eigenvalue weighted by molar-refractivity contribution is 5.94. The molecule has 33 heavy (non-hydrogen) atoms. The smallest absolute Gasteiger partial charge is 0.320 e. The first-order valence-electron chi connectivity index (χ1n) is 12.3. The third kappa shape index (κ3) is 4.90.